The number of imide groups is 1. The van der Waals surface area contributed by atoms with Crippen molar-refractivity contribution >= 4 is 17.8 Å². The van der Waals surface area contributed by atoms with Crippen molar-refractivity contribution in [3.8, 4) is 0 Å². The summed E-state index contributed by atoms with van der Waals surface area (Å²) in [5.41, 5.74) is 0. The molecule has 0 aromatic carbocycles. The highest BCUT2D eigenvalue weighted by molar-refractivity contribution is 6.01. The molecule has 0 unspecified atom stereocenters. The molecule has 90 valence electrons. The Hall–Kier alpha value is -1.65. The van der Waals surface area contributed by atoms with Crippen LogP contribution in [0.4, 0.5) is 0 Å². The van der Waals surface area contributed by atoms with Gasteiger partial charge in [-0.15, -0.1) is 5.06 Å². The number of rotatable bonds is 2. The molecule has 0 N–H and O–H groups in total. The van der Waals surface area contributed by atoms with Crippen LogP contribution in [0.1, 0.15) is 25.7 Å². The molecule has 2 bridgehead atoms. The molecule has 1 saturated heterocycles. The molecule has 3 aliphatic rings. The van der Waals surface area contributed by atoms with Crippen molar-refractivity contribution in [1.82, 2.24) is 5.06 Å². The molecular formula is C12H13NO4. The number of amides is 2. The van der Waals surface area contributed by atoms with E-state index in [1.54, 1.807) is 0 Å². The Kier molecular flexibility index (Phi) is 2.28. The lowest BCUT2D eigenvalue weighted by molar-refractivity contribution is -0.201. The molecule has 3 rings (SSSR count). The fourth-order valence-corrected chi connectivity index (χ4v) is 2.87. The van der Waals surface area contributed by atoms with Crippen LogP contribution in [0.5, 0.6) is 0 Å². The van der Waals surface area contributed by atoms with Crippen LogP contribution >= 0.6 is 0 Å². The molecule has 2 fully saturated rings. The normalized spacial score (nSPS) is 34.8. The highest BCUT2D eigenvalue weighted by Crippen LogP contribution is 2.44. The average molecular weight is 235 g/mol. The first-order valence-corrected chi connectivity index (χ1v) is 5.91. The summed E-state index contributed by atoms with van der Waals surface area (Å²) in [5.74, 6) is -0.774. The van der Waals surface area contributed by atoms with Crippen molar-refractivity contribution in [3.63, 3.8) is 0 Å². The van der Waals surface area contributed by atoms with E-state index in [0.717, 1.165) is 12.8 Å². The second-order valence-electron chi connectivity index (χ2n) is 4.88. The molecule has 3 atom stereocenters. The van der Waals surface area contributed by atoms with Gasteiger partial charge in [-0.3, -0.25) is 9.59 Å². The van der Waals surface area contributed by atoms with Crippen molar-refractivity contribution in [2.24, 2.45) is 17.8 Å². The minimum absolute atomic E-state index is 0.142. The third kappa shape index (κ3) is 1.66. The van der Waals surface area contributed by atoms with Crippen LogP contribution < -0.4 is 0 Å². The minimum Gasteiger partial charge on any atom is -0.330 e. The molecule has 2 aliphatic carbocycles. The van der Waals surface area contributed by atoms with Gasteiger partial charge in [-0.1, -0.05) is 12.2 Å². The molecular weight excluding hydrogens is 222 g/mol. The van der Waals surface area contributed by atoms with Crippen LogP contribution in [0.15, 0.2) is 12.2 Å². The lowest BCUT2D eigenvalue weighted by Crippen LogP contribution is -2.35. The smallest absolute Gasteiger partial charge is 0.330 e. The van der Waals surface area contributed by atoms with Crippen LogP contribution in [0.2, 0.25) is 0 Å². The summed E-state index contributed by atoms with van der Waals surface area (Å²) in [6.45, 7) is 0. The summed E-state index contributed by atoms with van der Waals surface area (Å²) in [7, 11) is 0. The van der Waals surface area contributed by atoms with Gasteiger partial charge in [0.15, 0.2) is 0 Å². The van der Waals surface area contributed by atoms with Crippen LogP contribution in [0.25, 0.3) is 0 Å². The number of nitrogens with zero attached hydrogens (tertiary/aromatic N) is 1. The van der Waals surface area contributed by atoms with E-state index < -0.39 is 17.8 Å². The Balaban J connectivity index is 1.66. The Morgan fingerprint density at radius 1 is 1.18 bits per heavy atom. The molecule has 5 nitrogen and oxygen atoms in total. The lowest BCUT2D eigenvalue weighted by Gasteiger charge is -2.19. The number of fused-ring (bicyclic) bond motifs is 2. The maximum absolute atomic E-state index is 11.9. The highest BCUT2D eigenvalue weighted by Gasteiger charge is 2.43. The lowest BCUT2D eigenvalue weighted by atomic mass is 9.94. The van der Waals surface area contributed by atoms with Gasteiger partial charge in [-0.2, -0.15) is 0 Å². The number of hydrogen-bond acceptors (Lipinski definition) is 4. The zero-order chi connectivity index (χ0) is 12.0. The van der Waals surface area contributed by atoms with Crippen LogP contribution in [0, 0.1) is 17.8 Å². The standard InChI is InChI=1S/C12H13NO4/c14-10-3-4-11(15)13(10)17-12(16)9-6-7-1-2-8(9)5-7/h1-2,7-9H,3-6H2/t7-,8+,9+/m1/s1. The summed E-state index contributed by atoms with van der Waals surface area (Å²) in [6, 6.07) is 0. The summed E-state index contributed by atoms with van der Waals surface area (Å²) < 4.78 is 0. The van der Waals surface area contributed by atoms with Gasteiger partial charge < -0.3 is 4.84 Å². The number of allylic oxidation sites excluding steroid dienone is 2. The summed E-state index contributed by atoms with van der Waals surface area (Å²) >= 11 is 0. The number of carbonyl (C=O) groups is 3. The first-order valence-electron chi connectivity index (χ1n) is 5.91. The van der Waals surface area contributed by atoms with Crippen LogP contribution in [0.3, 0.4) is 0 Å². The highest BCUT2D eigenvalue weighted by atomic mass is 16.7. The molecule has 5 heteroatoms. The number of hydroxylamine groups is 2. The van der Waals surface area contributed by atoms with Gasteiger partial charge in [0, 0.05) is 12.8 Å². The van der Waals surface area contributed by atoms with Crippen molar-refractivity contribution < 1.29 is 19.2 Å². The largest absolute Gasteiger partial charge is 0.336 e. The van der Waals surface area contributed by atoms with Crippen LogP contribution in [-0.4, -0.2) is 22.8 Å². The quantitative estimate of drug-likeness (QED) is 0.524. The van der Waals surface area contributed by atoms with Gasteiger partial charge in [0.2, 0.25) is 0 Å². The molecule has 0 aromatic heterocycles. The molecule has 2 amide bonds. The second kappa shape index (κ2) is 3.68. The van der Waals surface area contributed by atoms with Crippen molar-refractivity contribution in [2.75, 3.05) is 0 Å². The monoisotopic (exact) mass is 235 g/mol. The summed E-state index contributed by atoms with van der Waals surface area (Å²) in [5, 5.41) is 0.637. The fraction of sp³-hybridized carbons (Fsp3) is 0.583. The average Bonchev–Trinajstić information content (AvgIpc) is 2.99. The molecule has 1 saturated carbocycles. The molecule has 1 aliphatic heterocycles. The van der Waals surface area contributed by atoms with Crippen molar-refractivity contribution in [1.29, 1.82) is 0 Å². The Morgan fingerprint density at radius 2 is 1.88 bits per heavy atom. The van der Waals surface area contributed by atoms with Gasteiger partial charge in [-0.25, -0.2) is 4.79 Å². The molecule has 17 heavy (non-hydrogen) atoms. The molecule has 0 radical (unpaired) electrons. The third-order valence-electron chi connectivity index (χ3n) is 3.77. The Morgan fingerprint density at radius 3 is 2.41 bits per heavy atom. The van der Waals surface area contributed by atoms with E-state index >= 15 is 0 Å². The zero-order valence-corrected chi connectivity index (χ0v) is 9.30. The van der Waals surface area contributed by atoms with E-state index in [9.17, 15) is 14.4 Å². The Labute approximate surface area is 98.4 Å². The minimum atomic E-state index is -0.439. The van der Waals surface area contributed by atoms with Crippen molar-refractivity contribution in [3.05, 3.63) is 12.2 Å². The van der Waals surface area contributed by atoms with Crippen molar-refractivity contribution in [2.45, 2.75) is 25.7 Å². The topological polar surface area (TPSA) is 63.7 Å². The predicted octanol–water partition coefficient (Wildman–Crippen LogP) is 0.806. The molecule has 0 aromatic rings. The SMILES string of the molecule is O=C(ON1C(=O)CCC1=O)[C@H]1C[C@@H]2C=C[C@H]1C2. The summed E-state index contributed by atoms with van der Waals surface area (Å²) in [4.78, 5) is 39.4. The van der Waals surface area contributed by atoms with Gasteiger partial charge >= 0.3 is 5.97 Å². The van der Waals surface area contributed by atoms with Gasteiger partial charge in [-0.05, 0) is 24.7 Å². The van der Waals surface area contributed by atoms with E-state index in [4.69, 9.17) is 4.84 Å². The zero-order valence-electron chi connectivity index (χ0n) is 9.30. The van der Waals surface area contributed by atoms with Crippen LogP contribution in [-0.2, 0) is 19.2 Å². The maximum Gasteiger partial charge on any atom is 0.336 e. The van der Waals surface area contributed by atoms with Gasteiger partial charge in [0.25, 0.3) is 11.8 Å². The first-order chi connectivity index (χ1) is 8.15. The van der Waals surface area contributed by atoms with Gasteiger partial charge in [0.05, 0.1) is 5.92 Å². The predicted molar refractivity (Wildman–Crippen MR) is 56.0 cm³/mol. The number of hydrogen-bond donors (Lipinski definition) is 0. The summed E-state index contributed by atoms with van der Waals surface area (Å²) in [6.07, 6.45) is 6.21. The van der Waals surface area contributed by atoms with E-state index in [2.05, 4.69) is 6.08 Å². The second-order valence-corrected chi connectivity index (χ2v) is 4.88. The van der Waals surface area contributed by atoms with Gasteiger partial charge in [0.1, 0.15) is 0 Å². The molecule has 0 spiro atoms. The number of carbonyl (C=O) groups excluding carboxylic acids is 3. The van der Waals surface area contributed by atoms with E-state index in [-0.39, 0.29) is 24.7 Å². The molecule has 1 heterocycles. The van der Waals surface area contributed by atoms with E-state index in [1.165, 1.54) is 0 Å². The first kappa shape index (κ1) is 10.5. The van der Waals surface area contributed by atoms with E-state index in [0.29, 0.717) is 11.0 Å². The third-order valence-corrected chi connectivity index (χ3v) is 3.77. The Bertz CT molecular complexity index is 412. The fourth-order valence-electron chi connectivity index (χ4n) is 2.87. The maximum atomic E-state index is 11.9. The van der Waals surface area contributed by atoms with E-state index in [1.807, 2.05) is 6.08 Å².